The van der Waals surface area contributed by atoms with Crippen LogP contribution in [-0.4, -0.2) is 24.5 Å². The van der Waals surface area contributed by atoms with Crippen molar-refractivity contribution in [1.29, 1.82) is 0 Å². The molecule has 1 aliphatic carbocycles. The highest BCUT2D eigenvalue weighted by molar-refractivity contribution is 5.99. The molecule has 1 amide bonds. The van der Waals surface area contributed by atoms with Gasteiger partial charge in [0.15, 0.2) is 0 Å². The number of hydrogen-bond donors (Lipinski definition) is 2. The zero-order valence-electron chi connectivity index (χ0n) is 10.2. The van der Waals surface area contributed by atoms with Gasteiger partial charge in [-0.1, -0.05) is 19.3 Å². The van der Waals surface area contributed by atoms with E-state index < -0.39 is 0 Å². The minimum absolute atomic E-state index is 0.0175. The van der Waals surface area contributed by atoms with Crippen LogP contribution in [0.2, 0.25) is 0 Å². The van der Waals surface area contributed by atoms with Crippen LogP contribution in [0.1, 0.15) is 36.0 Å². The first-order chi connectivity index (χ1) is 8.31. The lowest BCUT2D eigenvalue weighted by atomic mass is 9.83. The van der Waals surface area contributed by atoms with Crippen LogP contribution in [-0.2, 0) is 0 Å². The fourth-order valence-corrected chi connectivity index (χ4v) is 2.06. The average molecular weight is 233 g/mol. The van der Waals surface area contributed by atoms with Gasteiger partial charge in [-0.05, 0) is 18.4 Å². The molecule has 0 bridgehead atoms. The van der Waals surface area contributed by atoms with Gasteiger partial charge in [0.05, 0.1) is 17.4 Å². The maximum Gasteiger partial charge on any atom is 0.253 e. The number of rotatable bonds is 5. The fourth-order valence-electron chi connectivity index (χ4n) is 2.06. The number of amides is 1. The van der Waals surface area contributed by atoms with Crippen molar-refractivity contribution in [2.75, 3.05) is 18.9 Å². The standard InChI is InChI=1S/C13H19N3O/c1-14-12-9-15-7-6-11(12)13(17)16-8-5-10-3-2-4-10/h6-7,9-10,14H,2-5,8H2,1H3,(H,16,17). The molecule has 0 unspecified atom stereocenters. The van der Waals surface area contributed by atoms with Crippen molar-refractivity contribution in [3.8, 4) is 0 Å². The predicted octanol–water partition coefficient (Wildman–Crippen LogP) is 2.04. The summed E-state index contributed by atoms with van der Waals surface area (Å²) in [6.07, 6.45) is 8.42. The summed E-state index contributed by atoms with van der Waals surface area (Å²) in [6.45, 7) is 0.773. The lowest BCUT2D eigenvalue weighted by Crippen LogP contribution is -2.28. The molecule has 1 heterocycles. The van der Waals surface area contributed by atoms with E-state index in [4.69, 9.17) is 0 Å². The van der Waals surface area contributed by atoms with E-state index >= 15 is 0 Å². The molecule has 0 saturated heterocycles. The van der Waals surface area contributed by atoms with Crippen molar-refractivity contribution in [3.05, 3.63) is 24.0 Å². The minimum Gasteiger partial charge on any atom is -0.386 e. The molecule has 1 aromatic heterocycles. The Balaban J connectivity index is 1.85. The normalized spacial score (nSPS) is 15.1. The van der Waals surface area contributed by atoms with Crippen molar-refractivity contribution in [2.45, 2.75) is 25.7 Å². The molecule has 1 aliphatic rings. The van der Waals surface area contributed by atoms with Gasteiger partial charge in [0, 0.05) is 19.8 Å². The zero-order chi connectivity index (χ0) is 12.1. The van der Waals surface area contributed by atoms with Crippen LogP contribution in [0, 0.1) is 5.92 Å². The Morgan fingerprint density at radius 1 is 1.53 bits per heavy atom. The van der Waals surface area contributed by atoms with Crippen molar-refractivity contribution < 1.29 is 4.79 Å². The second-order valence-electron chi connectivity index (χ2n) is 4.51. The molecule has 0 spiro atoms. The van der Waals surface area contributed by atoms with Gasteiger partial charge in [-0.3, -0.25) is 9.78 Å². The molecule has 0 aromatic carbocycles. The summed E-state index contributed by atoms with van der Waals surface area (Å²) in [7, 11) is 1.79. The molecular formula is C13H19N3O. The molecule has 4 nitrogen and oxygen atoms in total. The van der Waals surface area contributed by atoms with Gasteiger partial charge in [0.1, 0.15) is 0 Å². The van der Waals surface area contributed by atoms with E-state index in [1.54, 1.807) is 25.5 Å². The zero-order valence-corrected chi connectivity index (χ0v) is 10.2. The molecule has 0 aliphatic heterocycles. The molecule has 4 heteroatoms. The van der Waals surface area contributed by atoms with Crippen LogP contribution in [0.15, 0.2) is 18.5 Å². The Morgan fingerprint density at radius 3 is 3.00 bits per heavy atom. The van der Waals surface area contributed by atoms with E-state index in [9.17, 15) is 4.79 Å². The second kappa shape index (κ2) is 5.66. The van der Waals surface area contributed by atoms with Crippen molar-refractivity contribution >= 4 is 11.6 Å². The first kappa shape index (κ1) is 11.9. The first-order valence-corrected chi connectivity index (χ1v) is 6.21. The number of nitrogens with zero attached hydrogens (tertiary/aromatic N) is 1. The van der Waals surface area contributed by atoms with Crippen LogP contribution in [0.5, 0.6) is 0 Å². The molecule has 1 saturated carbocycles. The number of nitrogens with one attached hydrogen (secondary N) is 2. The number of aromatic nitrogens is 1. The Kier molecular flexibility index (Phi) is 3.96. The van der Waals surface area contributed by atoms with E-state index in [0.717, 1.165) is 24.6 Å². The van der Waals surface area contributed by atoms with E-state index in [1.807, 2.05) is 0 Å². The Labute approximate surface area is 102 Å². The monoisotopic (exact) mass is 233 g/mol. The lowest BCUT2D eigenvalue weighted by Gasteiger charge is -2.25. The largest absolute Gasteiger partial charge is 0.386 e. The first-order valence-electron chi connectivity index (χ1n) is 6.21. The summed E-state index contributed by atoms with van der Waals surface area (Å²) in [6, 6.07) is 1.74. The molecule has 0 atom stereocenters. The average Bonchev–Trinajstić information content (AvgIpc) is 2.32. The fraction of sp³-hybridized carbons (Fsp3) is 0.538. The number of carbonyl (C=O) groups is 1. The van der Waals surface area contributed by atoms with Gasteiger partial charge in [0.25, 0.3) is 5.91 Å². The van der Waals surface area contributed by atoms with Crippen LogP contribution in [0.25, 0.3) is 0 Å². The van der Waals surface area contributed by atoms with Crippen molar-refractivity contribution in [2.24, 2.45) is 5.92 Å². The molecule has 2 N–H and O–H groups in total. The van der Waals surface area contributed by atoms with Gasteiger partial charge >= 0.3 is 0 Å². The van der Waals surface area contributed by atoms with E-state index in [0.29, 0.717) is 5.56 Å². The molecular weight excluding hydrogens is 214 g/mol. The highest BCUT2D eigenvalue weighted by atomic mass is 16.1. The van der Waals surface area contributed by atoms with Crippen molar-refractivity contribution in [3.63, 3.8) is 0 Å². The minimum atomic E-state index is -0.0175. The number of pyridine rings is 1. The quantitative estimate of drug-likeness (QED) is 0.818. The summed E-state index contributed by atoms with van der Waals surface area (Å²) < 4.78 is 0. The molecule has 17 heavy (non-hydrogen) atoms. The molecule has 2 rings (SSSR count). The third-order valence-electron chi connectivity index (χ3n) is 3.40. The summed E-state index contributed by atoms with van der Waals surface area (Å²) in [4.78, 5) is 15.9. The topological polar surface area (TPSA) is 54.0 Å². The van der Waals surface area contributed by atoms with Crippen LogP contribution in [0.4, 0.5) is 5.69 Å². The summed E-state index contributed by atoms with van der Waals surface area (Å²) in [5, 5.41) is 5.94. The maximum absolute atomic E-state index is 11.9. The van der Waals surface area contributed by atoms with Gasteiger partial charge in [-0.2, -0.15) is 0 Å². The molecule has 0 radical (unpaired) electrons. The van der Waals surface area contributed by atoms with E-state index in [2.05, 4.69) is 15.6 Å². The number of anilines is 1. The highest BCUT2D eigenvalue weighted by Gasteiger charge is 2.17. The van der Waals surface area contributed by atoms with Crippen LogP contribution < -0.4 is 10.6 Å². The molecule has 1 fully saturated rings. The highest BCUT2D eigenvalue weighted by Crippen LogP contribution is 2.28. The Morgan fingerprint density at radius 2 is 2.35 bits per heavy atom. The molecule has 92 valence electrons. The van der Waals surface area contributed by atoms with Gasteiger partial charge in [-0.25, -0.2) is 0 Å². The third-order valence-corrected chi connectivity index (χ3v) is 3.40. The van der Waals surface area contributed by atoms with Gasteiger partial charge < -0.3 is 10.6 Å². The van der Waals surface area contributed by atoms with E-state index in [1.165, 1.54) is 19.3 Å². The van der Waals surface area contributed by atoms with E-state index in [-0.39, 0.29) is 5.91 Å². The maximum atomic E-state index is 11.9. The number of hydrogen-bond acceptors (Lipinski definition) is 3. The van der Waals surface area contributed by atoms with Crippen molar-refractivity contribution in [1.82, 2.24) is 10.3 Å². The Bertz CT molecular complexity index is 388. The van der Waals surface area contributed by atoms with Gasteiger partial charge in [-0.15, -0.1) is 0 Å². The van der Waals surface area contributed by atoms with Gasteiger partial charge in [0.2, 0.25) is 0 Å². The summed E-state index contributed by atoms with van der Waals surface area (Å²) in [5.41, 5.74) is 1.43. The molecule has 1 aromatic rings. The summed E-state index contributed by atoms with van der Waals surface area (Å²) in [5.74, 6) is 0.813. The van der Waals surface area contributed by atoms with Crippen LogP contribution >= 0.6 is 0 Å². The smallest absolute Gasteiger partial charge is 0.253 e. The SMILES string of the molecule is CNc1cnccc1C(=O)NCCC1CCC1. The lowest BCUT2D eigenvalue weighted by molar-refractivity contribution is 0.0949. The van der Waals surface area contributed by atoms with Crippen LogP contribution in [0.3, 0.4) is 0 Å². The summed E-state index contributed by atoms with van der Waals surface area (Å²) >= 11 is 0. The number of carbonyl (C=O) groups excluding carboxylic acids is 1. The third kappa shape index (κ3) is 2.96. The predicted molar refractivity (Wildman–Crippen MR) is 68.1 cm³/mol. The Hall–Kier alpha value is -1.58. The second-order valence-corrected chi connectivity index (χ2v) is 4.51.